The molecule has 0 aliphatic rings. The molecule has 0 aliphatic carbocycles. The van der Waals surface area contributed by atoms with E-state index in [2.05, 4.69) is 27.7 Å². The average molecular weight is 322 g/mol. The Hall–Kier alpha value is 0.882. The molecule has 54 valence electrons. The normalized spacial score (nSPS) is 10.3. The number of hydrogen-bond donors (Lipinski definition) is 0. The molecule has 0 aromatic carbocycles. The van der Waals surface area contributed by atoms with Crippen molar-refractivity contribution in [1.82, 2.24) is 0 Å². The van der Waals surface area contributed by atoms with Gasteiger partial charge in [-0.15, -0.1) is 0 Å². The van der Waals surface area contributed by atoms with E-state index in [1.54, 1.807) is 0 Å². The van der Waals surface area contributed by atoms with Crippen LogP contribution in [0.1, 0.15) is 27.7 Å². The third-order valence-corrected chi connectivity index (χ3v) is 12.1. The van der Waals surface area contributed by atoms with Gasteiger partial charge in [0.2, 0.25) is 0 Å². The molecule has 0 radical (unpaired) electrons. The molecule has 0 saturated carbocycles. The summed E-state index contributed by atoms with van der Waals surface area (Å²) in [6.45, 7) is 8.80. The van der Waals surface area contributed by atoms with Gasteiger partial charge in [-0.25, -0.2) is 0 Å². The molecule has 0 amide bonds. The van der Waals surface area contributed by atoms with Gasteiger partial charge in [0, 0.05) is 0 Å². The van der Waals surface area contributed by atoms with Crippen molar-refractivity contribution in [3.8, 4) is 0 Å². The predicted octanol–water partition coefficient (Wildman–Crippen LogP) is 2.44. The molecule has 0 saturated heterocycles. The molecule has 0 N–H and O–H groups in total. The molecule has 0 rings (SSSR count). The maximum atomic E-state index is 5.77. The molecule has 0 unspecified atom stereocenters. The van der Waals surface area contributed by atoms with E-state index in [0.717, 1.165) is 0 Å². The van der Waals surface area contributed by atoms with E-state index in [4.69, 9.17) is 2.69 Å². The van der Waals surface area contributed by atoms with E-state index in [-0.39, 0.29) is 0 Å². The van der Waals surface area contributed by atoms with Crippen molar-refractivity contribution >= 4 is 23.2 Å². The summed E-state index contributed by atoms with van der Waals surface area (Å²) in [5.74, 6) is 0. The zero-order valence-electron chi connectivity index (χ0n) is 6.98. The van der Waals surface area contributed by atoms with Crippen molar-refractivity contribution in [2.45, 2.75) is 41.8 Å². The van der Waals surface area contributed by atoms with Gasteiger partial charge in [-0.05, 0) is 0 Å². The zero-order valence-corrected chi connectivity index (χ0v) is 11.5. The molecule has 0 atom stereocenters. The summed E-state index contributed by atoms with van der Waals surface area (Å²) in [5.41, 5.74) is 0. The third kappa shape index (κ3) is 5.33. The molecule has 0 bridgehead atoms. The summed E-state index contributed by atoms with van der Waals surface area (Å²) in [7, 11) is 0. The molecule has 0 spiro atoms. The molecule has 0 aromatic heterocycles. The first-order valence-corrected chi connectivity index (χ1v) is 12.0. The van der Waals surface area contributed by atoms with Crippen molar-refractivity contribution in [2.75, 3.05) is 0 Å². The predicted molar refractivity (Wildman–Crippen MR) is 42.9 cm³/mol. The maximum absolute atomic E-state index is 5.77. The minimum absolute atomic E-state index is 0.483. The van der Waals surface area contributed by atoms with Crippen LogP contribution in [0.4, 0.5) is 0 Å². The van der Waals surface area contributed by atoms with Crippen LogP contribution >= 0.6 is 0 Å². The van der Waals surface area contributed by atoms with Crippen LogP contribution < -0.4 is 0 Å². The first kappa shape index (κ1) is 9.88. The Bertz CT molecular complexity index is 59.9. The Labute approximate surface area is 67.6 Å². The summed E-state index contributed by atoms with van der Waals surface area (Å²) in [5, 5.41) is 0. The van der Waals surface area contributed by atoms with Gasteiger partial charge in [-0.1, -0.05) is 0 Å². The van der Waals surface area contributed by atoms with E-state index in [0.29, 0.717) is 6.10 Å². The Balaban J connectivity index is 3.31. The first-order chi connectivity index (χ1) is 4.20. The van der Waals surface area contributed by atoms with Gasteiger partial charge >= 0.3 is 67.6 Å². The average Bonchev–Trinajstić information content (AvgIpc) is 1.82. The van der Waals surface area contributed by atoms with Crippen LogP contribution in [0.15, 0.2) is 0 Å². The van der Waals surface area contributed by atoms with Crippen molar-refractivity contribution < 1.29 is 2.69 Å². The summed E-state index contributed by atoms with van der Waals surface area (Å²) < 4.78 is 8.48. The van der Waals surface area contributed by atoms with Crippen LogP contribution in [0.2, 0.25) is 7.96 Å². The van der Waals surface area contributed by atoms with Crippen LogP contribution in [0.3, 0.4) is 0 Å². The SMILES string of the molecule is C[CH2][Tl]([CH2]C)[O]C(C)C. The molecule has 0 aliphatic heterocycles. The van der Waals surface area contributed by atoms with Crippen LogP contribution in [0, 0.1) is 0 Å². The van der Waals surface area contributed by atoms with Crippen LogP contribution in [0.25, 0.3) is 0 Å². The Morgan fingerprint density at radius 2 is 1.67 bits per heavy atom. The van der Waals surface area contributed by atoms with E-state index in [9.17, 15) is 0 Å². The molecule has 1 nitrogen and oxygen atoms in total. The van der Waals surface area contributed by atoms with Crippen LogP contribution in [0.5, 0.6) is 0 Å². The van der Waals surface area contributed by atoms with Gasteiger partial charge in [-0.2, -0.15) is 0 Å². The van der Waals surface area contributed by atoms with Gasteiger partial charge in [0.25, 0.3) is 0 Å². The number of hydrogen-bond acceptors (Lipinski definition) is 1. The zero-order chi connectivity index (χ0) is 7.28. The topological polar surface area (TPSA) is 9.23 Å². The van der Waals surface area contributed by atoms with Gasteiger partial charge in [0.05, 0.1) is 0 Å². The Kier molecular flexibility index (Phi) is 6.20. The number of rotatable bonds is 4. The molecule has 2 heteroatoms. The van der Waals surface area contributed by atoms with Gasteiger partial charge in [-0.3, -0.25) is 0 Å². The summed E-state index contributed by atoms with van der Waals surface area (Å²) in [6.07, 6.45) is 0.483. The summed E-state index contributed by atoms with van der Waals surface area (Å²) >= 11 is -1.49. The molecule has 0 fully saturated rings. The van der Waals surface area contributed by atoms with Crippen molar-refractivity contribution in [3.63, 3.8) is 0 Å². The quantitative estimate of drug-likeness (QED) is 0.723. The molecule has 9 heavy (non-hydrogen) atoms. The van der Waals surface area contributed by atoms with Gasteiger partial charge in [0.1, 0.15) is 0 Å². The molecule has 0 heterocycles. The monoisotopic (exact) mass is 322 g/mol. The van der Waals surface area contributed by atoms with Gasteiger partial charge < -0.3 is 0 Å². The van der Waals surface area contributed by atoms with E-state index < -0.39 is 23.2 Å². The Morgan fingerprint density at radius 1 is 1.22 bits per heavy atom. The fourth-order valence-electron chi connectivity index (χ4n) is 0.866. The van der Waals surface area contributed by atoms with Gasteiger partial charge in [0.15, 0.2) is 0 Å². The third-order valence-electron chi connectivity index (χ3n) is 1.38. The van der Waals surface area contributed by atoms with Crippen molar-refractivity contribution in [3.05, 3.63) is 0 Å². The summed E-state index contributed by atoms with van der Waals surface area (Å²) in [6, 6.07) is 0. The first-order valence-electron chi connectivity index (χ1n) is 3.86. The van der Waals surface area contributed by atoms with E-state index in [1.165, 1.54) is 7.96 Å². The van der Waals surface area contributed by atoms with E-state index >= 15 is 0 Å². The fraction of sp³-hybridized carbons (Fsp3) is 1.00. The fourth-order valence-corrected chi connectivity index (χ4v) is 7.60. The molecular weight excluding hydrogens is 304 g/mol. The van der Waals surface area contributed by atoms with E-state index in [1.807, 2.05) is 0 Å². The minimum atomic E-state index is -1.49. The van der Waals surface area contributed by atoms with Crippen molar-refractivity contribution in [1.29, 1.82) is 0 Å². The van der Waals surface area contributed by atoms with Crippen LogP contribution in [-0.4, -0.2) is 29.3 Å². The second-order valence-electron chi connectivity index (χ2n) is 2.62. The standard InChI is InChI=1S/C3H7O.2C2H5.Tl/c1-3(2)4;2*1-2;/h3H,1-2H3;2*1H2,2H3;/q-1;;;+1. The Morgan fingerprint density at radius 3 is 1.78 bits per heavy atom. The molecular formula is C7H17OTl. The second-order valence-corrected chi connectivity index (χ2v) is 14.9. The summed E-state index contributed by atoms with van der Waals surface area (Å²) in [4.78, 5) is 0. The second kappa shape index (κ2) is 5.65. The van der Waals surface area contributed by atoms with Crippen molar-refractivity contribution in [2.24, 2.45) is 0 Å². The molecule has 0 aromatic rings. The van der Waals surface area contributed by atoms with Crippen LogP contribution in [-0.2, 0) is 2.69 Å².